The van der Waals surface area contributed by atoms with Gasteiger partial charge in [-0.05, 0) is 19.4 Å². The third-order valence-electron chi connectivity index (χ3n) is 3.57. The van der Waals surface area contributed by atoms with E-state index in [1.807, 2.05) is 13.8 Å². The summed E-state index contributed by atoms with van der Waals surface area (Å²) < 4.78 is 56.3. The number of hydrogen-bond donors (Lipinski definition) is 1. The summed E-state index contributed by atoms with van der Waals surface area (Å²) >= 11 is 0. The van der Waals surface area contributed by atoms with E-state index in [1.165, 1.54) is 35.1 Å². The maximum absolute atomic E-state index is 13.7. The van der Waals surface area contributed by atoms with Gasteiger partial charge in [0.25, 0.3) is 15.9 Å². The molecule has 1 atom stereocenters. The summed E-state index contributed by atoms with van der Waals surface area (Å²) in [6.07, 6.45) is 2.21. The molecule has 0 aliphatic carbocycles. The van der Waals surface area contributed by atoms with Crippen LogP contribution in [0.1, 0.15) is 38.8 Å². The highest BCUT2D eigenvalue weighted by atomic mass is 32.2. The first-order valence-corrected chi connectivity index (χ1v) is 8.68. The van der Waals surface area contributed by atoms with Crippen molar-refractivity contribution in [3.8, 4) is 0 Å². The monoisotopic (exact) mass is 343 g/mol. The number of nitrogens with one attached hydrogen (secondary N) is 1. The topological polar surface area (TPSA) is 64.0 Å². The van der Waals surface area contributed by atoms with Crippen LogP contribution in [0.3, 0.4) is 0 Å². The molecule has 5 nitrogen and oxygen atoms in total. The zero-order chi connectivity index (χ0) is 17.3. The molecule has 2 rings (SSSR count). The number of benzene rings is 1. The fourth-order valence-electron chi connectivity index (χ4n) is 2.18. The smallest absolute Gasteiger partial charge is 0.264 e. The molecular formula is C15H19F2N3O2S. The third kappa shape index (κ3) is 3.69. The molecule has 0 aliphatic rings. The molecule has 1 heterocycles. The van der Waals surface area contributed by atoms with Crippen LogP contribution in [-0.2, 0) is 15.9 Å². The number of rotatable bonds is 6. The predicted molar refractivity (Wildman–Crippen MR) is 84.0 cm³/mol. The number of aromatic nitrogens is 2. The van der Waals surface area contributed by atoms with Gasteiger partial charge < -0.3 is 0 Å². The molecule has 0 bridgehead atoms. The average Bonchev–Trinajstić information content (AvgIpc) is 2.93. The van der Waals surface area contributed by atoms with E-state index in [2.05, 4.69) is 9.82 Å². The quantitative estimate of drug-likeness (QED) is 0.868. The zero-order valence-electron chi connectivity index (χ0n) is 13.1. The SMILES string of the molecule is CCC(C)n1nccc1NS(=O)(=O)c1ccccc1C(C)(F)F. The van der Waals surface area contributed by atoms with Gasteiger partial charge in [0.1, 0.15) is 5.82 Å². The van der Waals surface area contributed by atoms with Gasteiger partial charge in [-0.1, -0.05) is 25.1 Å². The molecule has 0 spiro atoms. The Bertz CT molecular complexity index is 782. The summed E-state index contributed by atoms with van der Waals surface area (Å²) in [6.45, 7) is 4.50. The second-order valence-electron chi connectivity index (χ2n) is 5.41. The molecule has 0 saturated heterocycles. The maximum atomic E-state index is 13.7. The summed E-state index contributed by atoms with van der Waals surface area (Å²) in [5, 5.41) is 4.08. The van der Waals surface area contributed by atoms with Gasteiger partial charge in [-0.2, -0.15) is 5.10 Å². The zero-order valence-corrected chi connectivity index (χ0v) is 13.9. The maximum Gasteiger partial charge on any atom is 0.271 e. The van der Waals surface area contributed by atoms with Gasteiger partial charge in [-0.25, -0.2) is 21.9 Å². The summed E-state index contributed by atoms with van der Waals surface area (Å²) in [4.78, 5) is -0.440. The van der Waals surface area contributed by atoms with E-state index >= 15 is 0 Å². The van der Waals surface area contributed by atoms with Crippen molar-refractivity contribution in [2.75, 3.05) is 4.72 Å². The van der Waals surface area contributed by atoms with E-state index in [0.717, 1.165) is 12.5 Å². The number of alkyl halides is 2. The molecule has 0 saturated carbocycles. The standard InChI is InChI=1S/C15H19F2N3O2S/c1-4-11(2)20-14(9-10-18-20)19-23(21,22)13-8-6-5-7-12(13)15(3,16)17/h5-11,19H,4H2,1-3H3. The largest absolute Gasteiger partial charge is 0.271 e. The molecular weight excluding hydrogens is 324 g/mol. The van der Waals surface area contributed by atoms with Crippen LogP contribution in [0.15, 0.2) is 41.4 Å². The van der Waals surface area contributed by atoms with Crippen LogP contribution in [0.25, 0.3) is 0 Å². The first-order valence-electron chi connectivity index (χ1n) is 7.20. The van der Waals surface area contributed by atoms with Crippen molar-refractivity contribution >= 4 is 15.8 Å². The van der Waals surface area contributed by atoms with Gasteiger partial charge in [0.2, 0.25) is 0 Å². The van der Waals surface area contributed by atoms with E-state index in [1.54, 1.807) is 0 Å². The van der Waals surface area contributed by atoms with E-state index in [0.29, 0.717) is 6.92 Å². The molecule has 8 heteroatoms. The second kappa shape index (κ2) is 6.27. The molecule has 1 unspecified atom stereocenters. The highest BCUT2D eigenvalue weighted by molar-refractivity contribution is 7.92. The predicted octanol–water partition coefficient (Wildman–Crippen LogP) is 3.77. The molecule has 1 aromatic heterocycles. The minimum Gasteiger partial charge on any atom is -0.264 e. The van der Waals surface area contributed by atoms with E-state index in [4.69, 9.17) is 0 Å². The van der Waals surface area contributed by atoms with Crippen molar-refractivity contribution in [3.63, 3.8) is 0 Å². The molecule has 1 aromatic carbocycles. The van der Waals surface area contributed by atoms with Crippen LogP contribution < -0.4 is 4.72 Å². The van der Waals surface area contributed by atoms with Crippen molar-refractivity contribution in [2.24, 2.45) is 0 Å². The molecule has 2 aromatic rings. The van der Waals surface area contributed by atoms with Gasteiger partial charge in [-0.3, -0.25) is 4.72 Å². The van der Waals surface area contributed by atoms with Gasteiger partial charge in [0.05, 0.1) is 17.1 Å². The van der Waals surface area contributed by atoms with Gasteiger partial charge >= 0.3 is 0 Å². The number of nitrogens with zero attached hydrogens (tertiary/aromatic N) is 2. The minimum atomic E-state index is -4.15. The molecule has 0 radical (unpaired) electrons. The highest BCUT2D eigenvalue weighted by Gasteiger charge is 2.32. The van der Waals surface area contributed by atoms with E-state index in [9.17, 15) is 17.2 Å². The summed E-state index contributed by atoms with van der Waals surface area (Å²) in [5.41, 5.74) is -0.540. The van der Waals surface area contributed by atoms with Crippen LogP contribution in [0.5, 0.6) is 0 Å². The lowest BCUT2D eigenvalue weighted by molar-refractivity contribution is 0.0144. The van der Waals surface area contributed by atoms with Crippen molar-refractivity contribution in [3.05, 3.63) is 42.1 Å². The van der Waals surface area contributed by atoms with Gasteiger partial charge in [0, 0.05) is 18.6 Å². The first kappa shape index (κ1) is 17.4. The molecule has 0 aliphatic heterocycles. The third-order valence-corrected chi connectivity index (χ3v) is 4.98. The highest BCUT2D eigenvalue weighted by Crippen LogP contribution is 2.33. The van der Waals surface area contributed by atoms with Crippen molar-refractivity contribution < 1.29 is 17.2 Å². The second-order valence-corrected chi connectivity index (χ2v) is 7.06. The lowest BCUT2D eigenvalue weighted by atomic mass is 10.1. The van der Waals surface area contributed by atoms with Gasteiger partial charge in [0.15, 0.2) is 0 Å². The van der Waals surface area contributed by atoms with Crippen LogP contribution >= 0.6 is 0 Å². The molecule has 126 valence electrons. The Labute approximate surface area is 134 Å². The Kier molecular flexibility index (Phi) is 4.74. The normalized spacial score (nSPS) is 13.8. The molecule has 23 heavy (non-hydrogen) atoms. The van der Waals surface area contributed by atoms with Crippen molar-refractivity contribution in [1.82, 2.24) is 9.78 Å². The van der Waals surface area contributed by atoms with Crippen molar-refractivity contribution in [2.45, 2.75) is 44.1 Å². The lowest BCUT2D eigenvalue weighted by Crippen LogP contribution is -2.21. The summed E-state index contributed by atoms with van der Waals surface area (Å²) in [5.74, 6) is -3.02. The lowest BCUT2D eigenvalue weighted by Gasteiger charge is -2.18. The number of sulfonamides is 1. The van der Waals surface area contributed by atoms with E-state index < -0.39 is 26.4 Å². The Morgan fingerprint density at radius 3 is 2.57 bits per heavy atom. The number of halogens is 2. The minimum absolute atomic E-state index is 0.0226. The van der Waals surface area contributed by atoms with Crippen LogP contribution in [-0.4, -0.2) is 18.2 Å². The number of hydrogen-bond acceptors (Lipinski definition) is 3. The van der Waals surface area contributed by atoms with Crippen LogP contribution in [0.4, 0.5) is 14.6 Å². The Hall–Kier alpha value is -1.96. The fraction of sp³-hybridized carbons (Fsp3) is 0.400. The summed E-state index contributed by atoms with van der Waals surface area (Å²) in [7, 11) is -4.15. The molecule has 0 amide bonds. The van der Waals surface area contributed by atoms with Gasteiger partial charge in [-0.15, -0.1) is 0 Å². The number of anilines is 1. The first-order chi connectivity index (χ1) is 10.7. The molecule has 1 N–H and O–H groups in total. The Balaban J connectivity index is 2.44. The Morgan fingerprint density at radius 2 is 1.96 bits per heavy atom. The average molecular weight is 343 g/mol. The summed E-state index contributed by atoms with van der Waals surface area (Å²) in [6, 6.07) is 6.55. The van der Waals surface area contributed by atoms with E-state index in [-0.39, 0.29) is 11.9 Å². The Morgan fingerprint density at radius 1 is 1.30 bits per heavy atom. The van der Waals surface area contributed by atoms with Crippen LogP contribution in [0.2, 0.25) is 0 Å². The van der Waals surface area contributed by atoms with Crippen LogP contribution in [0, 0.1) is 0 Å². The van der Waals surface area contributed by atoms with Crippen molar-refractivity contribution in [1.29, 1.82) is 0 Å². The molecule has 0 fully saturated rings. The fourth-order valence-corrected chi connectivity index (χ4v) is 3.52.